The lowest BCUT2D eigenvalue weighted by molar-refractivity contribution is -0.118. The Bertz CT molecular complexity index is 1080. The van der Waals surface area contributed by atoms with Crippen LogP contribution in [0.5, 0.6) is 5.88 Å². The van der Waals surface area contributed by atoms with Gasteiger partial charge in [0.05, 0.1) is 5.69 Å². The molecule has 1 aromatic heterocycles. The molecule has 1 amide bonds. The number of carbonyl (C=O) groups excluding carboxylic acids is 1. The smallest absolute Gasteiger partial charge is 0.247 e. The minimum absolute atomic E-state index is 0.137. The summed E-state index contributed by atoms with van der Waals surface area (Å²) in [5.74, 6) is 1.16. The quantitative estimate of drug-likeness (QED) is 0.344. The highest BCUT2D eigenvalue weighted by atomic mass is 79.9. The molecule has 0 bridgehead atoms. The first-order valence-corrected chi connectivity index (χ1v) is 11.6. The van der Waals surface area contributed by atoms with Crippen LogP contribution >= 0.6 is 27.7 Å². The van der Waals surface area contributed by atoms with Gasteiger partial charge in [-0.05, 0) is 18.6 Å². The molecule has 30 heavy (non-hydrogen) atoms. The minimum atomic E-state index is -0.689. The first-order valence-electron chi connectivity index (χ1n) is 9.78. The van der Waals surface area contributed by atoms with E-state index in [1.165, 1.54) is 6.92 Å². The van der Waals surface area contributed by atoms with Gasteiger partial charge in [-0.25, -0.2) is 0 Å². The number of carbonyl (C=O) groups is 1. The molecule has 8 heteroatoms. The highest BCUT2D eigenvalue weighted by Crippen LogP contribution is 2.44. The third kappa shape index (κ3) is 4.06. The van der Waals surface area contributed by atoms with E-state index in [1.807, 2.05) is 48.5 Å². The number of hydrogen-bond donors (Lipinski definition) is 0. The van der Waals surface area contributed by atoms with E-state index in [0.29, 0.717) is 22.4 Å². The number of amides is 1. The highest BCUT2D eigenvalue weighted by Gasteiger charge is 2.35. The summed E-state index contributed by atoms with van der Waals surface area (Å²) in [6.45, 7) is 3.68. The maximum atomic E-state index is 12.8. The van der Waals surface area contributed by atoms with E-state index in [-0.39, 0.29) is 5.91 Å². The second kappa shape index (κ2) is 9.14. The zero-order chi connectivity index (χ0) is 21.1. The molecule has 0 radical (unpaired) electrons. The van der Waals surface area contributed by atoms with Gasteiger partial charge in [-0.2, -0.15) is 4.98 Å². The van der Waals surface area contributed by atoms with Crippen molar-refractivity contribution < 1.29 is 9.53 Å². The summed E-state index contributed by atoms with van der Waals surface area (Å²) in [5.41, 5.74) is 2.84. The molecule has 4 rings (SSSR count). The lowest BCUT2D eigenvalue weighted by atomic mass is 10.1. The molecular weight excluding hydrogens is 464 g/mol. The molecule has 2 aromatic carbocycles. The summed E-state index contributed by atoms with van der Waals surface area (Å²) in [6.07, 6.45) is 1.49. The second-order valence-corrected chi connectivity index (χ2v) is 8.76. The van der Waals surface area contributed by atoms with Crippen LogP contribution in [0.1, 0.15) is 38.5 Å². The molecule has 0 unspecified atom stereocenters. The Morgan fingerprint density at radius 1 is 1.17 bits per heavy atom. The summed E-state index contributed by atoms with van der Waals surface area (Å²) in [6, 6.07) is 15.3. The van der Waals surface area contributed by atoms with Crippen LogP contribution in [0.2, 0.25) is 0 Å². The molecule has 0 saturated carbocycles. The number of rotatable bonds is 5. The topological polar surface area (TPSA) is 68.2 Å². The molecule has 2 heterocycles. The molecule has 3 aromatic rings. The van der Waals surface area contributed by atoms with Crippen LogP contribution in [-0.4, -0.2) is 26.8 Å². The van der Waals surface area contributed by atoms with Crippen LogP contribution in [-0.2, 0) is 4.79 Å². The fourth-order valence-electron chi connectivity index (χ4n) is 3.30. The fraction of sp³-hybridized carbons (Fsp3) is 0.273. The Kier molecular flexibility index (Phi) is 6.34. The lowest BCUT2D eigenvalue weighted by Crippen LogP contribution is -2.36. The van der Waals surface area contributed by atoms with E-state index < -0.39 is 6.23 Å². The molecule has 1 atom stereocenters. The van der Waals surface area contributed by atoms with Gasteiger partial charge < -0.3 is 4.74 Å². The average Bonchev–Trinajstić information content (AvgIpc) is 2.88. The van der Waals surface area contributed by atoms with Crippen molar-refractivity contribution in [1.82, 2.24) is 15.2 Å². The van der Waals surface area contributed by atoms with Crippen molar-refractivity contribution in [3.8, 4) is 17.1 Å². The van der Waals surface area contributed by atoms with Gasteiger partial charge in [0, 0.05) is 28.3 Å². The number of ether oxygens (including phenoxy) is 1. The zero-order valence-electron chi connectivity index (χ0n) is 16.7. The van der Waals surface area contributed by atoms with Crippen molar-refractivity contribution in [2.24, 2.45) is 0 Å². The molecule has 6 nitrogen and oxygen atoms in total. The number of benzene rings is 2. The van der Waals surface area contributed by atoms with E-state index in [1.54, 1.807) is 16.7 Å². The number of aromatic nitrogens is 3. The van der Waals surface area contributed by atoms with Gasteiger partial charge in [0.25, 0.3) is 0 Å². The van der Waals surface area contributed by atoms with E-state index in [2.05, 4.69) is 38.0 Å². The number of halogens is 1. The number of fused-ring (bicyclic) bond motifs is 3. The van der Waals surface area contributed by atoms with Crippen molar-refractivity contribution in [3.63, 3.8) is 0 Å². The maximum Gasteiger partial charge on any atom is 0.247 e. The third-order valence-electron chi connectivity index (χ3n) is 4.75. The Morgan fingerprint density at radius 2 is 1.93 bits per heavy atom. The molecule has 0 spiro atoms. The molecule has 0 N–H and O–H groups in total. The van der Waals surface area contributed by atoms with E-state index >= 15 is 0 Å². The standard InChI is InChI=1S/C22H21BrN4O2S/c1-3-4-13-30-22-24-20-19(25-26-22)16-10-6-8-12-18(16)27(14(2)28)21(29-20)15-9-5-7-11-17(15)23/h5-12,21H,3-4,13H2,1-2H3/t21-/m0/s1. The first-order chi connectivity index (χ1) is 14.6. The van der Waals surface area contributed by atoms with E-state index in [9.17, 15) is 4.79 Å². The van der Waals surface area contributed by atoms with Crippen molar-refractivity contribution >= 4 is 39.3 Å². The molecule has 0 fully saturated rings. The van der Waals surface area contributed by atoms with Gasteiger partial charge in [-0.1, -0.05) is 77.4 Å². The van der Waals surface area contributed by atoms with Gasteiger partial charge in [0.15, 0.2) is 5.69 Å². The highest BCUT2D eigenvalue weighted by molar-refractivity contribution is 9.10. The number of hydrogen-bond acceptors (Lipinski definition) is 6. The fourth-order valence-corrected chi connectivity index (χ4v) is 4.64. The van der Waals surface area contributed by atoms with Crippen molar-refractivity contribution in [2.45, 2.75) is 38.1 Å². The molecule has 1 aliphatic rings. The van der Waals surface area contributed by atoms with Crippen LogP contribution in [0.3, 0.4) is 0 Å². The zero-order valence-corrected chi connectivity index (χ0v) is 19.1. The van der Waals surface area contributed by atoms with Crippen molar-refractivity contribution in [2.75, 3.05) is 10.7 Å². The summed E-state index contributed by atoms with van der Waals surface area (Å²) in [4.78, 5) is 19.1. The Morgan fingerprint density at radius 3 is 2.70 bits per heavy atom. The number of thioether (sulfide) groups is 1. The van der Waals surface area contributed by atoms with Gasteiger partial charge in [0.2, 0.25) is 23.2 Å². The number of nitrogens with zero attached hydrogens (tertiary/aromatic N) is 4. The van der Waals surface area contributed by atoms with Gasteiger partial charge in [-0.3, -0.25) is 9.69 Å². The van der Waals surface area contributed by atoms with Gasteiger partial charge in [-0.15, -0.1) is 10.2 Å². The van der Waals surface area contributed by atoms with Crippen molar-refractivity contribution in [1.29, 1.82) is 0 Å². The summed E-state index contributed by atoms with van der Waals surface area (Å²) >= 11 is 5.16. The van der Waals surface area contributed by atoms with Crippen LogP contribution in [0, 0.1) is 0 Å². The second-order valence-electron chi connectivity index (χ2n) is 6.85. The van der Waals surface area contributed by atoms with Crippen LogP contribution < -0.4 is 9.64 Å². The number of unbranched alkanes of at least 4 members (excludes halogenated alkanes) is 1. The molecule has 1 aliphatic heterocycles. The third-order valence-corrected chi connectivity index (χ3v) is 6.40. The number of anilines is 1. The summed E-state index contributed by atoms with van der Waals surface area (Å²) in [7, 11) is 0. The maximum absolute atomic E-state index is 12.8. The molecule has 154 valence electrons. The van der Waals surface area contributed by atoms with Crippen molar-refractivity contribution in [3.05, 3.63) is 58.6 Å². The van der Waals surface area contributed by atoms with E-state index in [4.69, 9.17) is 4.74 Å². The minimum Gasteiger partial charge on any atom is -0.447 e. The summed E-state index contributed by atoms with van der Waals surface area (Å²) in [5, 5.41) is 9.31. The molecule has 0 aliphatic carbocycles. The molecular formula is C22H21BrN4O2S. The largest absolute Gasteiger partial charge is 0.447 e. The Balaban J connectivity index is 1.87. The van der Waals surface area contributed by atoms with Gasteiger partial charge in [0.1, 0.15) is 0 Å². The van der Waals surface area contributed by atoms with Crippen LogP contribution in [0.15, 0.2) is 58.2 Å². The predicted octanol–water partition coefficient (Wildman–Crippen LogP) is 5.64. The monoisotopic (exact) mass is 484 g/mol. The Hall–Kier alpha value is -2.45. The normalized spacial score (nSPS) is 15.0. The van der Waals surface area contributed by atoms with Crippen LogP contribution in [0.25, 0.3) is 11.3 Å². The van der Waals surface area contributed by atoms with Crippen LogP contribution in [0.4, 0.5) is 5.69 Å². The number of para-hydroxylation sites is 1. The SMILES string of the molecule is CCCCSc1nnc2c(n1)O[C@@H](c1ccccc1Br)N(C(C)=O)c1ccccc1-2. The summed E-state index contributed by atoms with van der Waals surface area (Å²) < 4.78 is 7.22. The average molecular weight is 485 g/mol. The first kappa shape index (κ1) is 20.8. The van der Waals surface area contributed by atoms with E-state index in [0.717, 1.165) is 34.2 Å². The van der Waals surface area contributed by atoms with Gasteiger partial charge >= 0.3 is 0 Å². The lowest BCUT2D eigenvalue weighted by Gasteiger charge is -2.30. The predicted molar refractivity (Wildman–Crippen MR) is 122 cm³/mol. The molecule has 0 saturated heterocycles. The Labute approximate surface area is 188 Å².